The molecule has 0 fully saturated rings. The van der Waals surface area contributed by atoms with E-state index >= 15 is 0 Å². The van der Waals surface area contributed by atoms with E-state index in [9.17, 15) is 4.79 Å². The number of ether oxygens (including phenoxy) is 1. The maximum absolute atomic E-state index is 10.8. The fourth-order valence-corrected chi connectivity index (χ4v) is 0.446. The SMILES string of the molecule is COC(C)C(=O)NCCN. The van der Waals surface area contributed by atoms with Gasteiger partial charge in [0.05, 0.1) is 0 Å². The van der Waals surface area contributed by atoms with E-state index in [1.165, 1.54) is 7.11 Å². The van der Waals surface area contributed by atoms with Crippen LogP contribution in [0.2, 0.25) is 0 Å². The minimum absolute atomic E-state index is 0.118. The third kappa shape index (κ3) is 3.42. The lowest BCUT2D eigenvalue weighted by Gasteiger charge is -2.08. The first kappa shape index (κ1) is 9.39. The van der Waals surface area contributed by atoms with Gasteiger partial charge in [0, 0.05) is 20.2 Å². The molecule has 1 atom stereocenters. The fraction of sp³-hybridized carbons (Fsp3) is 0.833. The lowest BCUT2D eigenvalue weighted by Crippen LogP contribution is -2.36. The summed E-state index contributed by atoms with van der Waals surface area (Å²) in [7, 11) is 1.49. The third-order valence-corrected chi connectivity index (χ3v) is 1.17. The molecule has 0 aliphatic carbocycles. The van der Waals surface area contributed by atoms with Gasteiger partial charge in [-0.05, 0) is 6.92 Å². The number of nitrogens with two attached hydrogens (primary N) is 1. The molecule has 0 radical (unpaired) electrons. The minimum Gasteiger partial charge on any atom is -0.372 e. The average Bonchev–Trinajstić information content (AvgIpc) is 1.98. The summed E-state index contributed by atoms with van der Waals surface area (Å²) in [5, 5.41) is 2.59. The van der Waals surface area contributed by atoms with Crippen molar-refractivity contribution in [3.8, 4) is 0 Å². The van der Waals surface area contributed by atoms with Gasteiger partial charge < -0.3 is 15.8 Å². The molecular weight excluding hydrogens is 132 g/mol. The summed E-state index contributed by atoms with van der Waals surface area (Å²) in [6.07, 6.45) is -0.383. The summed E-state index contributed by atoms with van der Waals surface area (Å²) >= 11 is 0. The zero-order valence-corrected chi connectivity index (χ0v) is 6.39. The minimum atomic E-state index is -0.383. The van der Waals surface area contributed by atoms with Crippen molar-refractivity contribution in [2.45, 2.75) is 13.0 Å². The second-order valence-electron chi connectivity index (χ2n) is 1.96. The van der Waals surface area contributed by atoms with Crippen LogP contribution in [0.1, 0.15) is 6.92 Å². The van der Waals surface area contributed by atoms with Crippen LogP contribution in [0.3, 0.4) is 0 Å². The summed E-state index contributed by atoms with van der Waals surface area (Å²) in [6, 6.07) is 0. The van der Waals surface area contributed by atoms with E-state index < -0.39 is 0 Å². The van der Waals surface area contributed by atoms with Crippen LogP contribution < -0.4 is 11.1 Å². The fourth-order valence-electron chi connectivity index (χ4n) is 0.446. The van der Waals surface area contributed by atoms with E-state index in [1.54, 1.807) is 6.92 Å². The first-order valence-corrected chi connectivity index (χ1v) is 3.23. The van der Waals surface area contributed by atoms with Crippen LogP contribution in [0.25, 0.3) is 0 Å². The second kappa shape index (κ2) is 5.20. The highest BCUT2D eigenvalue weighted by Gasteiger charge is 2.08. The Morgan fingerprint density at radius 3 is 2.80 bits per heavy atom. The molecule has 4 heteroatoms. The largest absolute Gasteiger partial charge is 0.372 e. The molecule has 0 rings (SSSR count). The first-order valence-electron chi connectivity index (χ1n) is 3.23. The van der Waals surface area contributed by atoms with Gasteiger partial charge in [-0.2, -0.15) is 0 Å². The highest BCUT2D eigenvalue weighted by molar-refractivity contribution is 5.80. The van der Waals surface area contributed by atoms with Crippen LogP contribution >= 0.6 is 0 Å². The average molecular weight is 146 g/mol. The number of carbonyl (C=O) groups excluding carboxylic acids is 1. The van der Waals surface area contributed by atoms with E-state index in [0.717, 1.165) is 0 Å². The van der Waals surface area contributed by atoms with Gasteiger partial charge >= 0.3 is 0 Å². The molecule has 0 aromatic rings. The topological polar surface area (TPSA) is 64.3 Å². The summed E-state index contributed by atoms with van der Waals surface area (Å²) in [4.78, 5) is 10.8. The summed E-state index contributed by atoms with van der Waals surface area (Å²) in [5.41, 5.74) is 5.16. The van der Waals surface area contributed by atoms with Crippen molar-refractivity contribution in [3.05, 3.63) is 0 Å². The van der Waals surface area contributed by atoms with Gasteiger partial charge in [-0.15, -0.1) is 0 Å². The molecule has 0 bridgehead atoms. The summed E-state index contributed by atoms with van der Waals surface area (Å²) in [5.74, 6) is -0.118. The Morgan fingerprint density at radius 1 is 1.80 bits per heavy atom. The van der Waals surface area contributed by atoms with Gasteiger partial charge in [-0.1, -0.05) is 0 Å². The lowest BCUT2D eigenvalue weighted by molar-refractivity contribution is -0.129. The standard InChI is InChI=1S/C6H14N2O2/c1-5(10-2)6(9)8-4-3-7/h5H,3-4,7H2,1-2H3,(H,8,9). The molecular formula is C6H14N2O2. The number of nitrogens with one attached hydrogen (secondary N) is 1. The molecule has 1 amide bonds. The molecule has 0 saturated carbocycles. The molecule has 4 nitrogen and oxygen atoms in total. The Kier molecular flexibility index (Phi) is 4.88. The molecule has 0 aliphatic heterocycles. The predicted molar refractivity (Wildman–Crippen MR) is 38.5 cm³/mol. The zero-order chi connectivity index (χ0) is 7.98. The molecule has 60 valence electrons. The van der Waals surface area contributed by atoms with Crippen molar-refractivity contribution in [2.75, 3.05) is 20.2 Å². The highest BCUT2D eigenvalue weighted by atomic mass is 16.5. The molecule has 10 heavy (non-hydrogen) atoms. The van der Waals surface area contributed by atoms with Crippen LogP contribution in [0.5, 0.6) is 0 Å². The summed E-state index contributed by atoms with van der Waals surface area (Å²) < 4.78 is 4.76. The second-order valence-corrected chi connectivity index (χ2v) is 1.96. The number of hydrogen-bond acceptors (Lipinski definition) is 3. The van der Waals surface area contributed by atoms with Crippen molar-refractivity contribution in [3.63, 3.8) is 0 Å². The van der Waals surface area contributed by atoms with Crippen molar-refractivity contribution in [2.24, 2.45) is 5.73 Å². The number of amides is 1. The smallest absolute Gasteiger partial charge is 0.248 e. The Labute approximate surface area is 60.7 Å². The van der Waals surface area contributed by atoms with Crippen molar-refractivity contribution < 1.29 is 9.53 Å². The maximum atomic E-state index is 10.8. The van der Waals surface area contributed by atoms with E-state index in [4.69, 9.17) is 10.5 Å². The van der Waals surface area contributed by atoms with Gasteiger partial charge in [0.15, 0.2) is 0 Å². The van der Waals surface area contributed by atoms with E-state index in [2.05, 4.69) is 5.32 Å². The summed E-state index contributed by atoms with van der Waals surface area (Å²) in [6.45, 7) is 2.65. The molecule has 0 aromatic carbocycles. The van der Waals surface area contributed by atoms with E-state index in [0.29, 0.717) is 13.1 Å². The number of methoxy groups -OCH3 is 1. The number of carbonyl (C=O) groups is 1. The normalized spacial score (nSPS) is 12.7. The van der Waals surface area contributed by atoms with Gasteiger partial charge in [0.2, 0.25) is 5.91 Å². The molecule has 0 saturated heterocycles. The van der Waals surface area contributed by atoms with Crippen LogP contribution in [0, 0.1) is 0 Å². The van der Waals surface area contributed by atoms with Gasteiger partial charge in [0.25, 0.3) is 0 Å². The van der Waals surface area contributed by atoms with E-state index in [-0.39, 0.29) is 12.0 Å². The van der Waals surface area contributed by atoms with Crippen LogP contribution in [-0.2, 0) is 9.53 Å². The third-order valence-electron chi connectivity index (χ3n) is 1.17. The van der Waals surface area contributed by atoms with Crippen LogP contribution in [0.15, 0.2) is 0 Å². The predicted octanol–water partition coefficient (Wildman–Crippen LogP) is -0.904. The monoisotopic (exact) mass is 146 g/mol. The quantitative estimate of drug-likeness (QED) is 0.540. The maximum Gasteiger partial charge on any atom is 0.248 e. The van der Waals surface area contributed by atoms with Gasteiger partial charge in [-0.25, -0.2) is 0 Å². The zero-order valence-electron chi connectivity index (χ0n) is 6.39. The molecule has 1 unspecified atom stereocenters. The molecule has 0 aliphatic rings. The Bertz CT molecular complexity index is 106. The first-order chi connectivity index (χ1) is 4.72. The molecule has 0 heterocycles. The molecule has 0 aromatic heterocycles. The lowest BCUT2D eigenvalue weighted by atomic mass is 10.4. The Balaban J connectivity index is 3.42. The van der Waals surface area contributed by atoms with Crippen LogP contribution in [-0.4, -0.2) is 32.2 Å². The van der Waals surface area contributed by atoms with Crippen LogP contribution in [0.4, 0.5) is 0 Å². The van der Waals surface area contributed by atoms with Crippen molar-refractivity contribution in [1.29, 1.82) is 0 Å². The Morgan fingerprint density at radius 2 is 2.40 bits per heavy atom. The van der Waals surface area contributed by atoms with Crippen molar-refractivity contribution >= 4 is 5.91 Å². The van der Waals surface area contributed by atoms with Gasteiger partial charge in [0.1, 0.15) is 6.10 Å². The highest BCUT2D eigenvalue weighted by Crippen LogP contribution is 1.84. The Hall–Kier alpha value is -0.610. The number of rotatable bonds is 4. The van der Waals surface area contributed by atoms with Crippen molar-refractivity contribution in [1.82, 2.24) is 5.32 Å². The van der Waals surface area contributed by atoms with Gasteiger partial charge in [-0.3, -0.25) is 4.79 Å². The number of hydrogen-bond donors (Lipinski definition) is 2. The molecule has 3 N–H and O–H groups in total. The molecule has 0 spiro atoms. The van der Waals surface area contributed by atoms with E-state index in [1.807, 2.05) is 0 Å².